The molecular weight excluding hydrogens is 238 g/mol. The van der Waals surface area contributed by atoms with E-state index in [1.807, 2.05) is 31.2 Å². The predicted octanol–water partition coefficient (Wildman–Crippen LogP) is 2.43. The summed E-state index contributed by atoms with van der Waals surface area (Å²) in [5, 5.41) is 8.98. The monoisotopic (exact) mass is 259 g/mol. The molecule has 1 aromatic carbocycles. The van der Waals surface area contributed by atoms with E-state index in [9.17, 15) is 4.79 Å². The summed E-state index contributed by atoms with van der Waals surface area (Å²) in [5.74, 6) is 0. The number of rotatable bonds is 4. The van der Waals surface area contributed by atoms with E-state index in [-0.39, 0.29) is 6.03 Å². The Kier molecular flexibility index (Phi) is 4.98. The Balaban J connectivity index is 1.69. The van der Waals surface area contributed by atoms with E-state index >= 15 is 0 Å². The average molecular weight is 259 g/mol. The van der Waals surface area contributed by atoms with Gasteiger partial charge in [0.2, 0.25) is 0 Å². The molecule has 2 rings (SSSR count). The second kappa shape index (κ2) is 6.95. The van der Waals surface area contributed by atoms with Crippen molar-refractivity contribution >= 4 is 11.7 Å². The Hall–Kier alpha value is -1.81. The second-order valence-electron chi connectivity index (χ2n) is 4.81. The van der Waals surface area contributed by atoms with Crippen LogP contribution >= 0.6 is 0 Å². The molecule has 0 unspecified atom stereocenters. The fourth-order valence-corrected chi connectivity index (χ4v) is 2.05. The molecule has 3 N–H and O–H groups in total. The third-order valence-corrected chi connectivity index (χ3v) is 3.20. The van der Waals surface area contributed by atoms with Crippen molar-refractivity contribution in [3.05, 3.63) is 41.5 Å². The van der Waals surface area contributed by atoms with Crippen molar-refractivity contribution < 1.29 is 4.79 Å². The largest absolute Gasteiger partial charge is 0.338 e. The maximum atomic E-state index is 11.7. The van der Waals surface area contributed by atoms with Gasteiger partial charge in [-0.3, -0.25) is 0 Å². The van der Waals surface area contributed by atoms with Crippen LogP contribution in [0.25, 0.3) is 0 Å². The number of hydrogen-bond acceptors (Lipinski definition) is 2. The molecule has 2 amide bonds. The van der Waals surface area contributed by atoms with Gasteiger partial charge in [0.15, 0.2) is 0 Å². The molecule has 19 heavy (non-hydrogen) atoms. The molecule has 0 aliphatic carbocycles. The highest BCUT2D eigenvalue weighted by atomic mass is 16.2. The van der Waals surface area contributed by atoms with Gasteiger partial charge < -0.3 is 16.0 Å². The average Bonchev–Trinajstić information content (AvgIpc) is 2.43. The van der Waals surface area contributed by atoms with E-state index in [1.165, 1.54) is 11.1 Å². The number of carbonyl (C=O) groups is 1. The molecule has 1 aromatic rings. The molecule has 102 valence electrons. The molecule has 0 atom stereocenters. The summed E-state index contributed by atoms with van der Waals surface area (Å²) >= 11 is 0. The van der Waals surface area contributed by atoms with Crippen LogP contribution in [0.2, 0.25) is 0 Å². The van der Waals surface area contributed by atoms with Crippen LogP contribution in [0, 0.1) is 6.92 Å². The van der Waals surface area contributed by atoms with Crippen molar-refractivity contribution in [3.63, 3.8) is 0 Å². The smallest absolute Gasteiger partial charge is 0.319 e. The van der Waals surface area contributed by atoms with Gasteiger partial charge in [-0.1, -0.05) is 29.3 Å². The summed E-state index contributed by atoms with van der Waals surface area (Å²) in [6.07, 6.45) is 4.23. The molecule has 0 radical (unpaired) electrons. The molecule has 1 heterocycles. The number of aryl methyl sites for hydroxylation is 1. The highest BCUT2D eigenvalue weighted by molar-refractivity contribution is 5.89. The third-order valence-electron chi connectivity index (χ3n) is 3.20. The SMILES string of the molecule is Cc1ccc(NC(=O)NCCC2=CCNCC2)cc1. The van der Waals surface area contributed by atoms with E-state index in [1.54, 1.807) is 0 Å². The van der Waals surface area contributed by atoms with E-state index in [4.69, 9.17) is 0 Å². The van der Waals surface area contributed by atoms with E-state index in [0.29, 0.717) is 6.54 Å². The zero-order chi connectivity index (χ0) is 13.5. The van der Waals surface area contributed by atoms with Crippen LogP contribution in [0.5, 0.6) is 0 Å². The predicted molar refractivity (Wildman–Crippen MR) is 78.4 cm³/mol. The van der Waals surface area contributed by atoms with Gasteiger partial charge in [0, 0.05) is 18.8 Å². The molecule has 0 spiro atoms. The number of anilines is 1. The van der Waals surface area contributed by atoms with Gasteiger partial charge in [-0.15, -0.1) is 0 Å². The van der Waals surface area contributed by atoms with Crippen LogP contribution in [-0.4, -0.2) is 25.7 Å². The van der Waals surface area contributed by atoms with Gasteiger partial charge in [0.05, 0.1) is 0 Å². The quantitative estimate of drug-likeness (QED) is 0.727. The number of benzene rings is 1. The maximum Gasteiger partial charge on any atom is 0.319 e. The first-order valence-corrected chi connectivity index (χ1v) is 6.74. The topological polar surface area (TPSA) is 53.2 Å². The lowest BCUT2D eigenvalue weighted by Crippen LogP contribution is -2.30. The minimum atomic E-state index is -0.140. The summed E-state index contributed by atoms with van der Waals surface area (Å²) in [5.41, 5.74) is 3.43. The summed E-state index contributed by atoms with van der Waals surface area (Å²) in [6.45, 7) is 4.70. The zero-order valence-electron chi connectivity index (χ0n) is 11.3. The zero-order valence-corrected chi connectivity index (χ0v) is 11.3. The summed E-state index contributed by atoms with van der Waals surface area (Å²) in [7, 11) is 0. The first-order chi connectivity index (χ1) is 9.24. The Bertz CT molecular complexity index is 451. The molecule has 0 saturated heterocycles. The Morgan fingerprint density at radius 3 is 2.79 bits per heavy atom. The fraction of sp³-hybridized carbons (Fsp3) is 0.400. The molecule has 1 aliphatic heterocycles. The van der Waals surface area contributed by atoms with Gasteiger partial charge in [0.1, 0.15) is 0 Å². The van der Waals surface area contributed by atoms with Crippen molar-refractivity contribution in [1.29, 1.82) is 0 Å². The molecule has 4 nitrogen and oxygen atoms in total. The first-order valence-electron chi connectivity index (χ1n) is 6.74. The van der Waals surface area contributed by atoms with Crippen LogP contribution in [0.15, 0.2) is 35.9 Å². The molecule has 4 heteroatoms. The van der Waals surface area contributed by atoms with E-state index in [2.05, 4.69) is 22.0 Å². The van der Waals surface area contributed by atoms with Gasteiger partial charge in [-0.25, -0.2) is 4.79 Å². The fourth-order valence-electron chi connectivity index (χ4n) is 2.05. The third kappa shape index (κ3) is 4.75. The van der Waals surface area contributed by atoms with Crippen molar-refractivity contribution in [2.75, 3.05) is 25.0 Å². The summed E-state index contributed by atoms with van der Waals surface area (Å²) in [4.78, 5) is 11.7. The van der Waals surface area contributed by atoms with Gasteiger partial charge in [0.25, 0.3) is 0 Å². The number of hydrogen-bond donors (Lipinski definition) is 3. The first kappa shape index (κ1) is 13.6. The van der Waals surface area contributed by atoms with Crippen LogP contribution in [0.4, 0.5) is 10.5 Å². The van der Waals surface area contributed by atoms with E-state index in [0.717, 1.165) is 31.6 Å². The maximum absolute atomic E-state index is 11.7. The highest BCUT2D eigenvalue weighted by Gasteiger charge is 2.04. The Morgan fingerprint density at radius 1 is 1.32 bits per heavy atom. The van der Waals surface area contributed by atoms with Crippen molar-refractivity contribution in [3.8, 4) is 0 Å². The normalized spacial score (nSPS) is 14.7. The number of urea groups is 1. The second-order valence-corrected chi connectivity index (χ2v) is 4.81. The number of amides is 2. The minimum Gasteiger partial charge on any atom is -0.338 e. The lowest BCUT2D eigenvalue weighted by Gasteiger charge is -2.14. The molecule has 0 saturated carbocycles. The number of nitrogens with one attached hydrogen (secondary N) is 3. The number of carbonyl (C=O) groups excluding carboxylic acids is 1. The van der Waals surface area contributed by atoms with E-state index < -0.39 is 0 Å². The van der Waals surface area contributed by atoms with Gasteiger partial charge in [-0.2, -0.15) is 0 Å². The van der Waals surface area contributed by atoms with Crippen LogP contribution in [0.3, 0.4) is 0 Å². The molecule has 1 aliphatic rings. The highest BCUT2D eigenvalue weighted by Crippen LogP contribution is 2.09. The molecule has 0 fully saturated rings. The minimum absolute atomic E-state index is 0.140. The Labute approximate surface area is 114 Å². The lowest BCUT2D eigenvalue weighted by molar-refractivity contribution is 0.252. The summed E-state index contributed by atoms with van der Waals surface area (Å²) < 4.78 is 0. The molecular formula is C15H21N3O. The van der Waals surface area contributed by atoms with Gasteiger partial charge >= 0.3 is 6.03 Å². The van der Waals surface area contributed by atoms with Crippen LogP contribution in [0.1, 0.15) is 18.4 Å². The van der Waals surface area contributed by atoms with Crippen molar-refractivity contribution in [2.24, 2.45) is 0 Å². The van der Waals surface area contributed by atoms with Crippen LogP contribution in [-0.2, 0) is 0 Å². The standard InChI is InChI=1S/C15H21N3O/c1-12-2-4-14(5-3-12)18-15(19)17-11-8-13-6-9-16-10-7-13/h2-6,16H,7-11H2,1H3,(H2,17,18,19). The van der Waals surface area contributed by atoms with Crippen LogP contribution < -0.4 is 16.0 Å². The van der Waals surface area contributed by atoms with Crippen molar-refractivity contribution in [2.45, 2.75) is 19.8 Å². The molecule has 0 bridgehead atoms. The van der Waals surface area contributed by atoms with Gasteiger partial charge in [-0.05, 0) is 38.4 Å². The van der Waals surface area contributed by atoms with Crippen molar-refractivity contribution in [1.82, 2.24) is 10.6 Å². The Morgan fingerprint density at radius 2 is 2.11 bits per heavy atom. The lowest BCUT2D eigenvalue weighted by atomic mass is 10.1. The molecule has 0 aromatic heterocycles. The summed E-state index contributed by atoms with van der Waals surface area (Å²) in [6, 6.07) is 7.64.